The Morgan fingerprint density at radius 3 is 2.62 bits per heavy atom. The molecule has 2 aliphatic rings. The van der Waals surface area contributed by atoms with Crippen LogP contribution in [0.25, 0.3) is 33.5 Å². The molecule has 1 N–H and O–H groups in total. The SMILES string of the molecule is COc1cc2ncnc(-c3cn(C)nc3-c3ccc(F)cc3F)c2nc1NC(=O)C12CC1CN(C(=O)OC(C)(C)C)C2. The zero-order valence-electron chi connectivity index (χ0n) is 23.7. The number of ether oxygens (including phenoxy) is 2. The van der Waals surface area contributed by atoms with E-state index in [1.165, 1.54) is 24.2 Å². The maximum atomic E-state index is 14.8. The van der Waals surface area contributed by atoms with Gasteiger partial charge in [-0.2, -0.15) is 5.10 Å². The molecule has 1 saturated carbocycles. The number of pyridine rings is 1. The minimum atomic E-state index is -0.772. The van der Waals surface area contributed by atoms with E-state index in [0.717, 1.165) is 12.1 Å². The van der Waals surface area contributed by atoms with Crippen molar-refractivity contribution in [3.8, 4) is 28.3 Å². The molecule has 4 aromatic rings. The van der Waals surface area contributed by atoms with Crippen LogP contribution < -0.4 is 10.1 Å². The van der Waals surface area contributed by atoms with Crippen LogP contribution in [-0.4, -0.2) is 67.4 Å². The number of aryl methyl sites for hydroxylation is 1. The Morgan fingerprint density at radius 1 is 1.12 bits per heavy atom. The van der Waals surface area contributed by atoms with E-state index in [0.29, 0.717) is 35.3 Å². The summed E-state index contributed by atoms with van der Waals surface area (Å²) in [5, 5.41) is 7.30. The fraction of sp³-hybridized carbons (Fsp3) is 0.379. The third-order valence-corrected chi connectivity index (χ3v) is 7.55. The van der Waals surface area contributed by atoms with E-state index in [4.69, 9.17) is 9.47 Å². The maximum Gasteiger partial charge on any atom is 0.410 e. The van der Waals surface area contributed by atoms with Crippen molar-refractivity contribution in [2.75, 3.05) is 25.5 Å². The monoisotopic (exact) mass is 577 g/mol. The molecule has 218 valence electrons. The van der Waals surface area contributed by atoms with Crippen molar-refractivity contribution in [3.05, 3.63) is 48.4 Å². The summed E-state index contributed by atoms with van der Waals surface area (Å²) in [4.78, 5) is 41.2. The number of carbonyl (C=O) groups is 2. The Balaban J connectivity index is 1.35. The summed E-state index contributed by atoms with van der Waals surface area (Å²) >= 11 is 0. The largest absolute Gasteiger partial charge is 0.493 e. The highest BCUT2D eigenvalue weighted by atomic mass is 19.1. The number of likely N-dealkylation sites (tertiary alicyclic amines) is 1. The van der Waals surface area contributed by atoms with Gasteiger partial charge in [-0.05, 0) is 45.2 Å². The molecule has 1 aromatic carbocycles. The smallest absolute Gasteiger partial charge is 0.410 e. The summed E-state index contributed by atoms with van der Waals surface area (Å²) in [6, 6.07) is 4.89. The predicted molar refractivity (Wildman–Crippen MR) is 148 cm³/mol. The van der Waals surface area contributed by atoms with Crippen molar-refractivity contribution in [1.82, 2.24) is 29.6 Å². The molecule has 1 aliphatic carbocycles. The normalized spacial score (nSPS) is 19.5. The van der Waals surface area contributed by atoms with Crippen LogP contribution in [-0.2, 0) is 16.6 Å². The van der Waals surface area contributed by atoms with Crippen LogP contribution in [0.3, 0.4) is 0 Å². The van der Waals surface area contributed by atoms with Crippen LogP contribution in [0.2, 0.25) is 0 Å². The van der Waals surface area contributed by atoms with Crippen LogP contribution in [0.4, 0.5) is 19.4 Å². The number of amides is 2. The Bertz CT molecular complexity index is 1750. The number of piperidine rings is 1. The topological polar surface area (TPSA) is 124 Å². The second kappa shape index (κ2) is 9.71. The minimum Gasteiger partial charge on any atom is -0.493 e. The first-order chi connectivity index (χ1) is 19.9. The quantitative estimate of drug-likeness (QED) is 0.366. The number of hydrogen-bond donors (Lipinski definition) is 1. The number of anilines is 1. The van der Waals surface area contributed by atoms with E-state index in [1.54, 1.807) is 45.0 Å². The van der Waals surface area contributed by atoms with Gasteiger partial charge in [-0.1, -0.05) is 0 Å². The van der Waals surface area contributed by atoms with Gasteiger partial charge in [0, 0.05) is 49.6 Å². The number of nitrogens with one attached hydrogen (secondary N) is 1. The van der Waals surface area contributed by atoms with Crippen LogP contribution in [0.5, 0.6) is 5.75 Å². The van der Waals surface area contributed by atoms with Gasteiger partial charge in [-0.3, -0.25) is 9.48 Å². The molecule has 0 spiro atoms. The van der Waals surface area contributed by atoms with Gasteiger partial charge in [0.2, 0.25) is 5.91 Å². The molecule has 3 aromatic heterocycles. The zero-order chi connectivity index (χ0) is 30.0. The van der Waals surface area contributed by atoms with Crippen LogP contribution in [0, 0.1) is 23.0 Å². The van der Waals surface area contributed by atoms with Gasteiger partial charge >= 0.3 is 6.09 Å². The number of halogens is 2. The first-order valence-electron chi connectivity index (χ1n) is 13.4. The molecule has 4 heterocycles. The molecule has 0 bridgehead atoms. The zero-order valence-corrected chi connectivity index (χ0v) is 23.7. The van der Waals surface area contributed by atoms with Crippen molar-refractivity contribution >= 4 is 28.9 Å². The Labute approximate surface area is 239 Å². The van der Waals surface area contributed by atoms with Crippen molar-refractivity contribution in [2.45, 2.75) is 32.8 Å². The minimum absolute atomic E-state index is 0.0129. The van der Waals surface area contributed by atoms with Gasteiger partial charge in [0.25, 0.3) is 0 Å². The average Bonchev–Trinajstić information content (AvgIpc) is 3.27. The number of nitrogens with zero attached hydrogens (tertiary/aromatic N) is 6. The first-order valence-corrected chi connectivity index (χ1v) is 13.4. The molecule has 0 radical (unpaired) electrons. The highest BCUT2D eigenvalue weighted by Gasteiger charge is 2.66. The van der Waals surface area contributed by atoms with Gasteiger partial charge in [-0.25, -0.2) is 28.5 Å². The summed E-state index contributed by atoms with van der Waals surface area (Å²) in [7, 11) is 3.13. The van der Waals surface area contributed by atoms with Crippen LogP contribution >= 0.6 is 0 Å². The fourth-order valence-electron chi connectivity index (χ4n) is 5.48. The van der Waals surface area contributed by atoms with E-state index in [1.807, 2.05) is 0 Å². The van der Waals surface area contributed by atoms with Gasteiger partial charge in [-0.15, -0.1) is 0 Å². The van der Waals surface area contributed by atoms with Crippen molar-refractivity contribution in [2.24, 2.45) is 18.4 Å². The van der Waals surface area contributed by atoms with Crippen LogP contribution in [0.15, 0.2) is 36.8 Å². The molecule has 2 atom stereocenters. The molecule has 2 unspecified atom stereocenters. The van der Waals surface area contributed by atoms with E-state index in [9.17, 15) is 18.4 Å². The average molecular weight is 578 g/mol. The standard InChI is InChI=1S/C29H29F2N7O4/c1-28(2,3)42-27(40)38-11-15-10-29(15,13-38)26(39)35-25-21(41-5)9-20-24(34-25)23(33-14-32-20)18-12-37(4)36-22(18)17-7-6-16(30)8-19(17)31/h6-9,12,14-15H,10-11,13H2,1-5H3,(H,34,35,39). The summed E-state index contributed by atoms with van der Waals surface area (Å²) in [5.74, 6) is -1.31. The molecular weight excluding hydrogens is 548 g/mol. The van der Waals surface area contributed by atoms with Crippen LogP contribution in [0.1, 0.15) is 27.2 Å². The number of rotatable bonds is 5. The van der Waals surface area contributed by atoms with Crippen molar-refractivity contribution < 1.29 is 27.8 Å². The summed E-state index contributed by atoms with van der Waals surface area (Å²) in [6.45, 7) is 6.07. The first kappa shape index (κ1) is 27.5. The Kier molecular flexibility index (Phi) is 6.35. The number of methoxy groups -OCH3 is 1. The highest BCUT2D eigenvalue weighted by molar-refractivity contribution is 6.01. The lowest BCUT2D eigenvalue weighted by molar-refractivity contribution is -0.121. The number of carbonyl (C=O) groups excluding carboxylic acids is 2. The van der Waals surface area contributed by atoms with Gasteiger partial charge in [0.05, 0.1) is 18.0 Å². The number of aromatic nitrogens is 5. The lowest BCUT2D eigenvalue weighted by Gasteiger charge is -2.26. The van der Waals surface area contributed by atoms with E-state index in [-0.39, 0.29) is 41.2 Å². The summed E-state index contributed by atoms with van der Waals surface area (Å²) in [6.07, 6.45) is 3.19. The third kappa shape index (κ3) is 4.78. The Hall–Kier alpha value is -4.68. The third-order valence-electron chi connectivity index (χ3n) is 7.55. The number of hydrogen-bond acceptors (Lipinski definition) is 8. The predicted octanol–water partition coefficient (Wildman–Crippen LogP) is 4.57. The van der Waals surface area contributed by atoms with Crippen molar-refractivity contribution in [1.29, 1.82) is 0 Å². The molecule has 42 heavy (non-hydrogen) atoms. The van der Waals surface area contributed by atoms with Crippen molar-refractivity contribution in [3.63, 3.8) is 0 Å². The number of fused-ring (bicyclic) bond motifs is 2. The molecule has 13 heteroatoms. The van der Waals surface area contributed by atoms with E-state index >= 15 is 0 Å². The highest BCUT2D eigenvalue weighted by Crippen LogP contribution is 2.58. The van der Waals surface area contributed by atoms with E-state index in [2.05, 4.69) is 25.4 Å². The molecule has 11 nitrogen and oxygen atoms in total. The molecule has 2 amide bonds. The fourth-order valence-corrected chi connectivity index (χ4v) is 5.48. The lowest BCUT2D eigenvalue weighted by atomic mass is 10.0. The van der Waals surface area contributed by atoms with Gasteiger partial charge < -0.3 is 19.7 Å². The lowest BCUT2D eigenvalue weighted by Crippen LogP contribution is -2.39. The maximum absolute atomic E-state index is 14.8. The van der Waals surface area contributed by atoms with E-state index < -0.39 is 28.7 Å². The summed E-state index contributed by atoms with van der Waals surface area (Å²) in [5.41, 5.74) is 0.463. The molecular formula is C29H29F2N7O4. The summed E-state index contributed by atoms with van der Waals surface area (Å²) < 4.78 is 40.9. The molecule has 1 aliphatic heterocycles. The second-order valence-electron chi connectivity index (χ2n) is 11.7. The molecule has 2 fully saturated rings. The number of benzene rings is 1. The van der Waals surface area contributed by atoms with Gasteiger partial charge in [0.1, 0.15) is 40.5 Å². The molecule has 1 saturated heterocycles. The Morgan fingerprint density at radius 2 is 1.90 bits per heavy atom. The van der Waals surface area contributed by atoms with Gasteiger partial charge in [0.15, 0.2) is 11.6 Å². The second-order valence-corrected chi connectivity index (χ2v) is 11.7. The molecule has 6 rings (SSSR count).